The highest BCUT2D eigenvalue weighted by atomic mass is 79.9. The number of anilines is 1. The fourth-order valence-corrected chi connectivity index (χ4v) is 5.18. The summed E-state index contributed by atoms with van der Waals surface area (Å²) in [5.74, 6) is -1.07. The highest BCUT2D eigenvalue weighted by molar-refractivity contribution is 9.10. The van der Waals surface area contributed by atoms with Crippen molar-refractivity contribution in [1.29, 1.82) is 0 Å². The standard InChI is InChI=1S/C17H14BrClFN3O2S2/c1-3-15-10(18)7-16(26-15)13-8-14(23(2)27(25)22-13)17(24)21-9-4-5-12(20)11(19)6-9/h4-8H,3H2,1-2H3,(H,21,24). The van der Waals surface area contributed by atoms with E-state index >= 15 is 0 Å². The Labute approximate surface area is 176 Å². The summed E-state index contributed by atoms with van der Waals surface area (Å²) in [5, 5.41) is 2.54. The third-order valence-corrected chi connectivity index (χ3v) is 7.34. The first-order valence-electron chi connectivity index (χ1n) is 7.81. The van der Waals surface area contributed by atoms with Gasteiger partial charge in [0.25, 0.3) is 5.91 Å². The molecule has 2 aromatic rings. The minimum Gasteiger partial charge on any atom is -0.566 e. The largest absolute Gasteiger partial charge is 0.566 e. The summed E-state index contributed by atoms with van der Waals surface area (Å²) in [6, 6.07) is 5.78. The van der Waals surface area contributed by atoms with E-state index in [-0.39, 0.29) is 10.7 Å². The number of hydrogen-bond donors (Lipinski definition) is 1. The maximum atomic E-state index is 13.3. The van der Waals surface area contributed by atoms with Crippen molar-refractivity contribution in [3.05, 3.63) is 61.1 Å². The van der Waals surface area contributed by atoms with E-state index in [1.807, 2.05) is 13.0 Å². The topological polar surface area (TPSA) is 67.8 Å². The van der Waals surface area contributed by atoms with Crippen LogP contribution in [0.25, 0.3) is 0 Å². The number of allylic oxidation sites excluding steroid dienone is 1. The van der Waals surface area contributed by atoms with Crippen molar-refractivity contribution in [2.45, 2.75) is 13.3 Å². The number of rotatable bonds is 4. The fraction of sp³-hybridized carbons (Fsp3) is 0.176. The van der Waals surface area contributed by atoms with Gasteiger partial charge in [0.2, 0.25) is 11.5 Å². The van der Waals surface area contributed by atoms with Crippen LogP contribution in [0.2, 0.25) is 5.02 Å². The van der Waals surface area contributed by atoms with Crippen LogP contribution in [-0.2, 0) is 22.8 Å². The molecule has 0 aliphatic carbocycles. The van der Waals surface area contributed by atoms with E-state index in [2.05, 4.69) is 25.6 Å². The Morgan fingerprint density at radius 3 is 2.85 bits per heavy atom. The van der Waals surface area contributed by atoms with Crippen LogP contribution in [0.15, 0.2) is 44.9 Å². The zero-order valence-electron chi connectivity index (χ0n) is 14.3. The van der Waals surface area contributed by atoms with E-state index in [9.17, 15) is 13.7 Å². The molecule has 10 heteroatoms. The van der Waals surface area contributed by atoms with Crippen LogP contribution in [0, 0.1) is 5.82 Å². The van der Waals surface area contributed by atoms with Gasteiger partial charge in [-0.05, 0) is 51.0 Å². The van der Waals surface area contributed by atoms with E-state index in [0.717, 1.165) is 26.7 Å². The number of benzene rings is 1. The monoisotopic (exact) mass is 489 g/mol. The van der Waals surface area contributed by atoms with Crippen molar-refractivity contribution in [2.24, 2.45) is 4.40 Å². The lowest BCUT2D eigenvalue weighted by atomic mass is 10.2. The zero-order valence-corrected chi connectivity index (χ0v) is 18.2. The molecule has 1 N–H and O–H groups in total. The second-order valence-corrected chi connectivity index (χ2v) is 9.14. The molecule has 1 atom stereocenters. The van der Waals surface area contributed by atoms with Gasteiger partial charge < -0.3 is 9.87 Å². The molecule has 2 heterocycles. The van der Waals surface area contributed by atoms with Gasteiger partial charge in [0, 0.05) is 21.1 Å². The lowest BCUT2D eigenvalue weighted by Crippen LogP contribution is -2.35. The van der Waals surface area contributed by atoms with E-state index in [0.29, 0.717) is 11.4 Å². The van der Waals surface area contributed by atoms with Gasteiger partial charge in [0.15, 0.2) is 5.70 Å². The number of hydrogen-bond acceptors (Lipinski definition) is 5. The number of amides is 1. The molecule has 0 fully saturated rings. The molecular formula is C17H14BrClFN3O2S2. The number of nitrogens with one attached hydrogen (secondary N) is 1. The van der Waals surface area contributed by atoms with Crippen LogP contribution in [0.3, 0.4) is 0 Å². The first kappa shape index (κ1) is 20.3. The first-order valence-corrected chi connectivity index (χ1v) is 10.9. The van der Waals surface area contributed by atoms with Gasteiger partial charge >= 0.3 is 0 Å². The van der Waals surface area contributed by atoms with Crippen LogP contribution >= 0.6 is 38.9 Å². The van der Waals surface area contributed by atoms with Crippen molar-refractivity contribution in [3.8, 4) is 0 Å². The third kappa shape index (κ3) is 4.38. The lowest BCUT2D eigenvalue weighted by molar-refractivity contribution is -0.113. The zero-order chi connectivity index (χ0) is 19.7. The second-order valence-electron chi connectivity index (χ2n) is 5.55. The SMILES string of the molecule is CCc1sc(C2=N[S+]([O-])N(C)C(C(=O)Nc3ccc(F)c(Cl)c3)=C2)cc1Br. The van der Waals surface area contributed by atoms with Gasteiger partial charge in [-0.15, -0.1) is 11.3 Å². The summed E-state index contributed by atoms with van der Waals surface area (Å²) in [6.45, 7) is 2.04. The molecule has 0 bridgehead atoms. The molecule has 5 nitrogen and oxygen atoms in total. The molecule has 1 aromatic carbocycles. The van der Waals surface area contributed by atoms with Crippen LogP contribution < -0.4 is 5.32 Å². The number of carbonyl (C=O) groups is 1. The second kappa shape index (κ2) is 8.32. The Hall–Kier alpha value is -1.39. The normalized spacial score (nSPS) is 16.8. The molecule has 1 aliphatic rings. The van der Waals surface area contributed by atoms with E-state index in [1.165, 1.54) is 34.8 Å². The number of aryl methyl sites for hydroxylation is 1. The van der Waals surface area contributed by atoms with Crippen LogP contribution in [0.5, 0.6) is 0 Å². The van der Waals surface area contributed by atoms with Gasteiger partial charge in [-0.2, -0.15) is 4.31 Å². The third-order valence-electron chi connectivity index (χ3n) is 3.76. The molecule has 0 spiro atoms. The highest BCUT2D eigenvalue weighted by Crippen LogP contribution is 2.31. The molecule has 1 aromatic heterocycles. The molecule has 0 radical (unpaired) electrons. The maximum absolute atomic E-state index is 13.3. The van der Waals surface area contributed by atoms with Gasteiger partial charge in [0.05, 0.1) is 16.9 Å². The van der Waals surface area contributed by atoms with Gasteiger partial charge in [-0.3, -0.25) is 4.79 Å². The number of thiophene rings is 1. The summed E-state index contributed by atoms with van der Waals surface area (Å²) in [7, 11) is 1.52. The van der Waals surface area contributed by atoms with Crippen molar-refractivity contribution in [1.82, 2.24) is 4.31 Å². The Kier molecular flexibility index (Phi) is 6.27. The summed E-state index contributed by atoms with van der Waals surface area (Å²) in [6.07, 6.45) is 2.43. The molecule has 0 saturated carbocycles. The van der Waals surface area contributed by atoms with Crippen LogP contribution in [-0.4, -0.2) is 27.5 Å². The Balaban J connectivity index is 1.89. The average Bonchev–Trinajstić information content (AvgIpc) is 3.01. The molecule has 3 rings (SSSR count). The summed E-state index contributed by atoms with van der Waals surface area (Å²) in [4.78, 5) is 14.6. The minimum absolute atomic E-state index is 0.0971. The quantitative estimate of drug-likeness (QED) is 0.632. The number of likely N-dealkylation sites (N-methyl/N-ethyl adjacent to an activating group) is 1. The Morgan fingerprint density at radius 1 is 1.48 bits per heavy atom. The van der Waals surface area contributed by atoms with E-state index in [1.54, 1.807) is 6.08 Å². The molecule has 0 saturated heterocycles. The maximum Gasteiger partial charge on any atom is 0.276 e. The number of nitrogens with zero attached hydrogens (tertiary/aromatic N) is 2. The van der Waals surface area contributed by atoms with Crippen molar-refractivity contribution in [3.63, 3.8) is 0 Å². The smallest absolute Gasteiger partial charge is 0.276 e. The number of halogens is 3. The summed E-state index contributed by atoms with van der Waals surface area (Å²) in [5.41, 5.74) is 0.989. The Bertz CT molecular complexity index is 964. The van der Waals surface area contributed by atoms with Gasteiger partial charge in [-0.25, -0.2) is 4.39 Å². The fourth-order valence-electron chi connectivity index (χ4n) is 2.34. The average molecular weight is 491 g/mol. The minimum atomic E-state index is -1.73. The van der Waals surface area contributed by atoms with E-state index in [4.69, 9.17) is 11.6 Å². The summed E-state index contributed by atoms with van der Waals surface area (Å²) >= 11 is 9.04. The first-order chi connectivity index (χ1) is 12.8. The lowest BCUT2D eigenvalue weighted by Gasteiger charge is -2.23. The molecule has 142 valence electrons. The van der Waals surface area contributed by atoms with Gasteiger partial charge in [-0.1, -0.05) is 18.5 Å². The molecule has 1 aliphatic heterocycles. The molecule has 1 unspecified atom stereocenters. The van der Waals surface area contributed by atoms with Crippen LogP contribution in [0.1, 0.15) is 16.7 Å². The van der Waals surface area contributed by atoms with Crippen molar-refractivity contribution < 1.29 is 13.7 Å². The predicted molar refractivity (Wildman–Crippen MR) is 112 cm³/mol. The van der Waals surface area contributed by atoms with Crippen LogP contribution in [0.4, 0.5) is 10.1 Å². The van der Waals surface area contributed by atoms with Crippen molar-refractivity contribution >= 4 is 67.7 Å². The highest BCUT2D eigenvalue weighted by Gasteiger charge is 2.31. The van der Waals surface area contributed by atoms with E-state index < -0.39 is 23.3 Å². The summed E-state index contributed by atoms with van der Waals surface area (Å²) < 4.78 is 32.0. The Morgan fingerprint density at radius 2 is 2.22 bits per heavy atom. The number of carbonyl (C=O) groups excluding carboxylic acids is 1. The van der Waals surface area contributed by atoms with Gasteiger partial charge in [0.1, 0.15) is 11.5 Å². The molecule has 1 amide bonds. The molecule has 27 heavy (non-hydrogen) atoms. The molecular weight excluding hydrogens is 477 g/mol. The van der Waals surface area contributed by atoms with Crippen molar-refractivity contribution in [2.75, 3.05) is 12.4 Å². The predicted octanol–water partition coefficient (Wildman–Crippen LogP) is 4.70.